The molecule has 38 heavy (non-hydrogen) atoms. The van der Waals surface area contributed by atoms with Crippen molar-refractivity contribution in [2.45, 2.75) is 38.3 Å². The highest BCUT2D eigenvalue weighted by molar-refractivity contribution is 7.92. The predicted octanol–water partition coefficient (Wildman–Crippen LogP) is 5.62. The summed E-state index contributed by atoms with van der Waals surface area (Å²) in [4.78, 5) is 27.6. The molecule has 0 radical (unpaired) electrons. The minimum Gasteiger partial charge on any atom is -0.357 e. The first-order valence-corrected chi connectivity index (χ1v) is 14.2. The van der Waals surface area contributed by atoms with Gasteiger partial charge in [0.1, 0.15) is 12.6 Å². The van der Waals surface area contributed by atoms with Crippen LogP contribution in [0.5, 0.6) is 0 Å². The van der Waals surface area contributed by atoms with Crippen LogP contribution >= 0.6 is 34.8 Å². The van der Waals surface area contributed by atoms with Crippen LogP contribution in [0, 0.1) is 13.8 Å². The standard InChI is InChI=1S/C27H28Cl3N3O4S/c1-17-8-11-21(14-18(17)2)33(38(36,37)22-12-9-20(28)10-13-22)16-26(34)32(19(3)27(35)31-4)15-23-24(29)6-5-7-25(23)30/h5-14,19H,15-16H2,1-4H3,(H,31,35). The number of anilines is 1. The average molecular weight is 597 g/mol. The van der Waals surface area contributed by atoms with Crippen molar-refractivity contribution in [1.29, 1.82) is 0 Å². The second kappa shape index (κ2) is 12.4. The van der Waals surface area contributed by atoms with Gasteiger partial charge in [-0.15, -0.1) is 0 Å². The summed E-state index contributed by atoms with van der Waals surface area (Å²) in [5, 5.41) is 3.54. The van der Waals surface area contributed by atoms with E-state index in [1.165, 1.54) is 36.2 Å². The van der Waals surface area contributed by atoms with Gasteiger partial charge in [-0.05, 0) is 80.4 Å². The zero-order valence-corrected chi connectivity index (χ0v) is 24.4. The van der Waals surface area contributed by atoms with Crippen molar-refractivity contribution < 1.29 is 18.0 Å². The number of nitrogens with one attached hydrogen (secondary N) is 1. The summed E-state index contributed by atoms with van der Waals surface area (Å²) in [5.41, 5.74) is 2.56. The van der Waals surface area contributed by atoms with Gasteiger partial charge in [0.2, 0.25) is 11.8 Å². The van der Waals surface area contributed by atoms with Crippen LogP contribution in [-0.2, 0) is 26.2 Å². The number of hydrogen-bond donors (Lipinski definition) is 1. The number of hydrogen-bond acceptors (Lipinski definition) is 4. The van der Waals surface area contributed by atoms with Crippen LogP contribution in [0.15, 0.2) is 65.6 Å². The average Bonchev–Trinajstić information content (AvgIpc) is 2.88. The van der Waals surface area contributed by atoms with E-state index in [-0.39, 0.29) is 11.4 Å². The largest absolute Gasteiger partial charge is 0.357 e. The predicted molar refractivity (Wildman–Crippen MR) is 152 cm³/mol. The molecular weight excluding hydrogens is 569 g/mol. The summed E-state index contributed by atoms with van der Waals surface area (Å²) in [7, 11) is -2.74. The Morgan fingerprint density at radius 2 is 1.53 bits per heavy atom. The molecule has 0 aliphatic heterocycles. The lowest BCUT2D eigenvalue weighted by molar-refractivity contribution is -0.139. The number of amides is 2. The summed E-state index contributed by atoms with van der Waals surface area (Å²) in [6, 6.07) is 14.8. The van der Waals surface area contributed by atoms with Gasteiger partial charge in [0, 0.05) is 34.2 Å². The third-order valence-corrected chi connectivity index (χ3v) is 9.01. The summed E-state index contributed by atoms with van der Waals surface area (Å²) < 4.78 is 28.7. The molecule has 0 aliphatic carbocycles. The fourth-order valence-electron chi connectivity index (χ4n) is 3.79. The number of benzene rings is 3. The van der Waals surface area contributed by atoms with Crippen LogP contribution < -0.4 is 9.62 Å². The van der Waals surface area contributed by atoms with Gasteiger partial charge in [0.05, 0.1) is 10.6 Å². The van der Waals surface area contributed by atoms with Gasteiger partial charge >= 0.3 is 0 Å². The number of carbonyl (C=O) groups excluding carboxylic acids is 2. The molecule has 0 bridgehead atoms. The molecule has 3 rings (SSSR count). The Bertz CT molecular complexity index is 1430. The molecule has 7 nitrogen and oxygen atoms in total. The fourth-order valence-corrected chi connectivity index (χ4v) is 5.84. The lowest BCUT2D eigenvalue weighted by Gasteiger charge is -2.32. The van der Waals surface area contributed by atoms with Crippen molar-refractivity contribution in [2.24, 2.45) is 0 Å². The van der Waals surface area contributed by atoms with Crippen LogP contribution in [-0.4, -0.2) is 44.8 Å². The monoisotopic (exact) mass is 595 g/mol. The first-order chi connectivity index (χ1) is 17.9. The second-order valence-corrected chi connectivity index (χ2v) is 11.9. The first-order valence-electron chi connectivity index (χ1n) is 11.7. The van der Waals surface area contributed by atoms with Gasteiger partial charge in [-0.25, -0.2) is 8.42 Å². The Labute approximate surface area is 238 Å². The molecule has 0 aromatic heterocycles. The second-order valence-electron chi connectivity index (χ2n) is 8.75. The lowest BCUT2D eigenvalue weighted by Crippen LogP contribution is -2.50. The molecule has 2 amide bonds. The topological polar surface area (TPSA) is 86.8 Å². The van der Waals surface area contributed by atoms with Gasteiger partial charge in [0.15, 0.2) is 0 Å². The summed E-state index contributed by atoms with van der Waals surface area (Å²) in [5.74, 6) is -1.05. The number of aryl methyl sites for hydroxylation is 2. The maximum Gasteiger partial charge on any atom is 0.264 e. The van der Waals surface area contributed by atoms with E-state index in [2.05, 4.69) is 5.32 Å². The Morgan fingerprint density at radius 1 is 0.921 bits per heavy atom. The van der Waals surface area contributed by atoms with Crippen molar-refractivity contribution in [2.75, 3.05) is 17.9 Å². The van der Waals surface area contributed by atoms with Gasteiger partial charge in [-0.3, -0.25) is 13.9 Å². The number of nitrogens with zero attached hydrogens (tertiary/aromatic N) is 2. The van der Waals surface area contributed by atoms with Crippen molar-refractivity contribution >= 4 is 62.3 Å². The smallest absolute Gasteiger partial charge is 0.264 e. The molecule has 1 N–H and O–H groups in total. The third-order valence-electron chi connectivity index (χ3n) is 6.26. The molecule has 202 valence electrons. The van der Waals surface area contributed by atoms with Gasteiger partial charge in [0.25, 0.3) is 10.0 Å². The third kappa shape index (κ3) is 6.61. The van der Waals surface area contributed by atoms with Crippen LogP contribution in [0.1, 0.15) is 23.6 Å². The quantitative estimate of drug-likeness (QED) is 0.347. The SMILES string of the molecule is CNC(=O)C(C)N(Cc1c(Cl)cccc1Cl)C(=O)CN(c1ccc(C)c(C)c1)S(=O)(=O)c1ccc(Cl)cc1. The highest BCUT2D eigenvalue weighted by Gasteiger charge is 2.33. The van der Waals surface area contributed by atoms with Gasteiger partial charge < -0.3 is 10.2 Å². The molecule has 0 spiro atoms. The van der Waals surface area contributed by atoms with Crippen LogP contribution in [0.25, 0.3) is 0 Å². The van der Waals surface area contributed by atoms with E-state index in [0.29, 0.717) is 26.3 Å². The number of rotatable bonds is 9. The van der Waals surface area contributed by atoms with E-state index in [0.717, 1.165) is 15.4 Å². The van der Waals surface area contributed by atoms with E-state index in [1.54, 1.807) is 43.3 Å². The van der Waals surface area contributed by atoms with Crippen molar-refractivity contribution in [1.82, 2.24) is 10.2 Å². The molecule has 0 fully saturated rings. The van der Waals surface area contributed by atoms with Gasteiger partial charge in [-0.1, -0.05) is 46.9 Å². The van der Waals surface area contributed by atoms with Crippen molar-refractivity contribution in [3.63, 3.8) is 0 Å². The van der Waals surface area contributed by atoms with Crippen molar-refractivity contribution in [3.8, 4) is 0 Å². The molecule has 3 aromatic carbocycles. The maximum atomic E-state index is 13.8. The lowest BCUT2D eigenvalue weighted by atomic mass is 10.1. The Morgan fingerprint density at radius 3 is 2.08 bits per heavy atom. The van der Waals surface area contributed by atoms with E-state index in [9.17, 15) is 18.0 Å². The number of likely N-dealkylation sites (N-methyl/N-ethyl adjacent to an activating group) is 1. The molecular formula is C27H28Cl3N3O4S. The Balaban J connectivity index is 2.09. The van der Waals surface area contributed by atoms with Gasteiger partial charge in [-0.2, -0.15) is 0 Å². The van der Waals surface area contributed by atoms with E-state index >= 15 is 0 Å². The number of halogens is 3. The minimum atomic E-state index is -4.20. The molecule has 0 aliphatic rings. The zero-order chi connectivity index (χ0) is 28.2. The Kier molecular flexibility index (Phi) is 9.70. The highest BCUT2D eigenvalue weighted by atomic mass is 35.5. The molecule has 0 saturated carbocycles. The molecule has 0 saturated heterocycles. The zero-order valence-electron chi connectivity index (χ0n) is 21.3. The van der Waals surface area contributed by atoms with Crippen LogP contribution in [0.4, 0.5) is 5.69 Å². The summed E-state index contributed by atoms with van der Waals surface area (Å²) in [6.07, 6.45) is 0. The fraction of sp³-hybridized carbons (Fsp3) is 0.259. The first kappa shape index (κ1) is 29.8. The molecule has 3 aromatic rings. The normalized spacial score (nSPS) is 12.1. The molecule has 11 heteroatoms. The summed E-state index contributed by atoms with van der Waals surface area (Å²) in [6.45, 7) is 4.63. The van der Waals surface area contributed by atoms with Crippen LogP contribution in [0.3, 0.4) is 0 Å². The number of sulfonamides is 1. The number of carbonyl (C=O) groups is 2. The minimum absolute atomic E-state index is 0.0343. The molecule has 0 heterocycles. The molecule has 1 atom stereocenters. The highest BCUT2D eigenvalue weighted by Crippen LogP contribution is 2.29. The van der Waals surface area contributed by atoms with Crippen LogP contribution in [0.2, 0.25) is 15.1 Å². The maximum absolute atomic E-state index is 13.8. The van der Waals surface area contributed by atoms with E-state index in [4.69, 9.17) is 34.8 Å². The van der Waals surface area contributed by atoms with Crippen molar-refractivity contribution in [3.05, 3.63) is 92.4 Å². The van der Waals surface area contributed by atoms with E-state index in [1.807, 2.05) is 13.8 Å². The molecule has 1 unspecified atom stereocenters. The Hall–Kier alpha value is -2.78. The summed E-state index contributed by atoms with van der Waals surface area (Å²) >= 11 is 18.7. The van der Waals surface area contributed by atoms with E-state index < -0.39 is 34.4 Å².